The standard InChI is InChI=1S/C34H33N5O6S2/c1-19-15-29(32(47(43,44)45)18-27(19)35-4)36-28-17-31-33(25-10-8-7-9-24(25)28)37-26-12-11-22(38(5)6)16-30(26)39(31)34-20(2)13-23(14-21(34)3)46(40,41)42/h7-18H,1-6H3,(H3,35,37,40,41,42,43,44,45)/p+1. The van der Waals surface area contributed by atoms with Crippen molar-refractivity contribution in [3.05, 3.63) is 89.5 Å². The molecule has 47 heavy (non-hydrogen) atoms. The van der Waals surface area contributed by atoms with Crippen LogP contribution in [0.5, 0.6) is 0 Å². The van der Waals surface area contributed by atoms with Crippen LogP contribution in [0.25, 0.3) is 38.5 Å². The summed E-state index contributed by atoms with van der Waals surface area (Å²) in [4.78, 5) is 6.58. The monoisotopic (exact) mass is 672 g/mol. The molecule has 0 saturated heterocycles. The van der Waals surface area contributed by atoms with Crippen LogP contribution in [-0.2, 0) is 20.2 Å². The van der Waals surface area contributed by atoms with Crippen molar-refractivity contribution in [3.63, 3.8) is 0 Å². The maximum Gasteiger partial charge on any atom is 0.296 e. The average Bonchev–Trinajstić information content (AvgIpc) is 2.99. The molecule has 4 N–H and O–H groups in total. The molecule has 6 rings (SSSR count). The Morgan fingerprint density at radius 3 is 1.98 bits per heavy atom. The number of nitrogens with zero attached hydrogens (tertiary/aromatic N) is 3. The van der Waals surface area contributed by atoms with E-state index in [-0.39, 0.29) is 15.5 Å². The number of benzene rings is 5. The first kappa shape index (κ1) is 32.1. The fourth-order valence-corrected chi connectivity index (χ4v) is 7.43. The van der Waals surface area contributed by atoms with Gasteiger partial charge < -0.3 is 15.5 Å². The largest absolute Gasteiger partial charge is 0.388 e. The molecule has 0 aliphatic carbocycles. The van der Waals surface area contributed by atoms with Crippen LogP contribution in [0, 0.1) is 20.8 Å². The van der Waals surface area contributed by atoms with E-state index in [0.717, 1.165) is 27.5 Å². The minimum Gasteiger partial charge on any atom is -0.388 e. The van der Waals surface area contributed by atoms with Crippen molar-refractivity contribution >= 4 is 75.8 Å². The first-order chi connectivity index (χ1) is 22.1. The van der Waals surface area contributed by atoms with Crippen LogP contribution in [0.2, 0.25) is 0 Å². The van der Waals surface area contributed by atoms with Gasteiger partial charge in [-0.1, -0.05) is 24.3 Å². The fraction of sp³-hybridized carbons (Fsp3) is 0.176. The van der Waals surface area contributed by atoms with Gasteiger partial charge in [-0.25, -0.2) is 4.98 Å². The van der Waals surface area contributed by atoms with Gasteiger partial charge in [0, 0.05) is 66.5 Å². The molecule has 6 aromatic rings. The number of aromatic nitrogens is 2. The van der Waals surface area contributed by atoms with E-state index in [1.54, 1.807) is 27.0 Å². The van der Waals surface area contributed by atoms with Gasteiger partial charge in [0.15, 0.2) is 0 Å². The number of hydrogen-bond acceptors (Lipinski definition) is 8. The summed E-state index contributed by atoms with van der Waals surface area (Å²) in [7, 11) is -3.54. The zero-order chi connectivity index (χ0) is 34.0. The van der Waals surface area contributed by atoms with Crippen molar-refractivity contribution in [2.75, 3.05) is 36.7 Å². The predicted octanol–water partition coefficient (Wildman–Crippen LogP) is 6.09. The van der Waals surface area contributed by atoms with Crippen LogP contribution in [0.4, 0.5) is 22.7 Å². The molecule has 0 unspecified atom stereocenters. The van der Waals surface area contributed by atoms with E-state index < -0.39 is 20.2 Å². The highest BCUT2D eigenvalue weighted by Crippen LogP contribution is 2.37. The van der Waals surface area contributed by atoms with Gasteiger partial charge in [0.2, 0.25) is 16.7 Å². The van der Waals surface area contributed by atoms with Crippen LogP contribution in [0.15, 0.2) is 82.6 Å². The lowest BCUT2D eigenvalue weighted by Gasteiger charge is -2.18. The number of rotatable bonds is 7. The Hall–Kier alpha value is -4.82. The molecule has 11 nitrogen and oxygen atoms in total. The number of fused-ring (bicyclic) bond motifs is 4. The van der Waals surface area contributed by atoms with E-state index in [0.29, 0.717) is 44.7 Å². The molecule has 0 bridgehead atoms. The smallest absolute Gasteiger partial charge is 0.296 e. The molecule has 5 aromatic carbocycles. The van der Waals surface area contributed by atoms with Crippen LogP contribution in [0.1, 0.15) is 16.7 Å². The summed E-state index contributed by atoms with van der Waals surface area (Å²) in [5, 5.41) is 7.79. The summed E-state index contributed by atoms with van der Waals surface area (Å²) >= 11 is 0. The quantitative estimate of drug-likeness (QED) is 0.0679. The van der Waals surface area contributed by atoms with E-state index >= 15 is 0 Å². The second-order valence-corrected chi connectivity index (χ2v) is 14.6. The zero-order valence-corrected chi connectivity index (χ0v) is 28.2. The van der Waals surface area contributed by atoms with Gasteiger partial charge in [-0.05, 0) is 62.7 Å². The average molecular weight is 673 g/mol. The molecule has 0 amide bonds. The van der Waals surface area contributed by atoms with E-state index in [1.165, 1.54) is 18.2 Å². The summed E-state index contributed by atoms with van der Waals surface area (Å²) in [6.45, 7) is 5.39. The molecule has 0 fully saturated rings. The lowest BCUT2D eigenvalue weighted by atomic mass is 10.0. The number of aryl methyl sites for hydroxylation is 3. The highest BCUT2D eigenvalue weighted by Gasteiger charge is 2.28. The van der Waals surface area contributed by atoms with Gasteiger partial charge in [0.05, 0.1) is 16.3 Å². The summed E-state index contributed by atoms with van der Waals surface area (Å²) in [5.74, 6) is 0. The van der Waals surface area contributed by atoms with Crippen molar-refractivity contribution in [1.82, 2.24) is 4.98 Å². The van der Waals surface area contributed by atoms with Crippen molar-refractivity contribution < 1.29 is 30.5 Å². The molecule has 0 atom stereocenters. The van der Waals surface area contributed by atoms with Crippen molar-refractivity contribution in [1.29, 1.82) is 0 Å². The predicted molar refractivity (Wildman–Crippen MR) is 186 cm³/mol. The van der Waals surface area contributed by atoms with E-state index in [4.69, 9.17) is 4.98 Å². The minimum absolute atomic E-state index is 0.188. The summed E-state index contributed by atoms with van der Waals surface area (Å²) < 4.78 is 71.4. The van der Waals surface area contributed by atoms with Crippen LogP contribution >= 0.6 is 0 Å². The molecule has 0 aliphatic rings. The van der Waals surface area contributed by atoms with Gasteiger partial charge in [-0.2, -0.15) is 16.8 Å². The number of nitrogens with one attached hydrogen (secondary N) is 2. The van der Waals surface area contributed by atoms with Crippen molar-refractivity contribution in [2.45, 2.75) is 30.6 Å². The Balaban J connectivity index is 1.77. The van der Waals surface area contributed by atoms with Gasteiger partial charge in [-0.15, -0.1) is 4.57 Å². The molecule has 242 valence electrons. The molecule has 1 heterocycles. The lowest BCUT2D eigenvalue weighted by Crippen LogP contribution is -2.35. The molecule has 0 aliphatic heterocycles. The third kappa shape index (κ3) is 5.71. The second kappa shape index (κ2) is 11.5. The van der Waals surface area contributed by atoms with Gasteiger partial charge >= 0.3 is 0 Å². The van der Waals surface area contributed by atoms with Gasteiger partial charge in [-0.3, -0.25) is 9.11 Å². The van der Waals surface area contributed by atoms with Crippen molar-refractivity contribution in [3.8, 4) is 5.69 Å². The summed E-state index contributed by atoms with van der Waals surface area (Å²) in [6.07, 6.45) is 0. The number of anilines is 4. The first-order valence-corrected chi connectivity index (χ1v) is 17.5. The fourth-order valence-electron chi connectivity index (χ4n) is 6.12. The molecular formula is C34H34N5O6S2+. The SMILES string of the molecule is CNc1cc(S(=O)(=O)O)c(Nc2cc3c(nc4ccc(N(C)C)cc4[n+]3-c3c(C)cc(S(=O)(=O)O)cc3C)c3ccccc23)cc1C. The Morgan fingerprint density at radius 2 is 1.38 bits per heavy atom. The maximum absolute atomic E-state index is 12.6. The highest BCUT2D eigenvalue weighted by atomic mass is 32.2. The zero-order valence-electron chi connectivity index (χ0n) is 26.6. The molecule has 0 saturated carbocycles. The van der Waals surface area contributed by atoms with Crippen LogP contribution < -0.4 is 20.1 Å². The second-order valence-electron chi connectivity index (χ2n) is 11.7. The summed E-state index contributed by atoms with van der Waals surface area (Å²) in [6, 6.07) is 21.3. The van der Waals surface area contributed by atoms with Crippen LogP contribution in [-0.4, -0.2) is 52.1 Å². The third-order valence-electron chi connectivity index (χ3n) is 8.31. The first-order valence-electron chi connectivity index (χ1n) is 14.6. The molecule has 13 heteroatoms. The van der Waals surface area contributed by atoms with Gasteiger partial charge in [0.1, 0.15) is 15.9 Å². The van der Waals surface area contributed by atoms with E-state index in [2.05, 4.69) is 10.6 Å². The number of hydrogen-bond donors (Lipinski definition) is 4. The topological polar surface area (TPSA) is 153 Å². The Bertz CT molecular complexity index is 2480. The molecule has 1 aromatic heterocycles. The highest BCUT2D eigenvalue weighted by molar-refractivity contribution is 7.86. The third-order valence-corrected chi connectivity index (χ3v) is 10.0. The molecule has 0 spiro atoms. The maximum atomic E-state index is 12.6. The van der Waals surface area contributed by atoms with E-state index in [1.807, 2.05) is 79.0 Å². The van der Waals surface area contributed by atoms with Crippen LogP contribution in [0.3, 0.4) is 0 Å². The Morgan fingerprint density at radius 1 is 0.723 bits per heavy atom. The van der Waals surface area contributed by atoms with E-state index in [9.17, 15) is 25.9 Å². The summed E-state index contributed by atoms with van der Waals surface area (Å²) in [5.41, 5.74) is 7.60. The Kier molecular flexibility index (Phi) is 7.83. The van der Waals surface area contributed by atoms with Crippen molar-refractivity contribution in [2.24, 2.45) is 0 Å². The molecule has 0 radical (unpaired) electrons. The minimum atomic E-state index is -4.61. The van der Waals surface area contributed by atoms with Gasteiger partial charge in [0.25, 0.3) is 20.2 Å². The normalized spacial score (nSPS) is 12.2. The molecular weight excluding hydrogens is 639 g/mol. The lowest BCUT2D eigenvalue weighted by molar-refractivity contribution is -0.539. The Labute approximate surface area is 273 Å².